The number of nitrogens with one attached hydrogen (secondary N) is 2. The molecule has 7 heteroatoms. The number of hydrogen-bond acceptors (Lipinski definition) is 3. The Bertz CT molecular complexity index is 661. The molecule has 2 rings (SSSR count). The Labute approximate surface area is 143 Å². The lowest BCUT2D eigenvalue weighted by Crippen LogP contribution is -2.51. The van der Waals surface area contributed by atoms with E-state index >= 15 is 0 Å². The van der Waals surface area contributed by atoms with Gasteiger partial charge in [-0.15, -0.1) is 0 Å². The Kier molecular flexibility index (Phi) is 6.34. The summed E-state index contributed by atoms with van der Waals surface area (Å²) in [6, 6.07) is 3.79. The van der Waals surface area contributed by atoms with Crippen LogP contribution in [0.15, 0.2) is 29.2 Å². The van der Waals surface area contributed by atoms with E-state index in [9.17, 15) is 17.6 Å². The number of amides is 1. The third-order valence-electron chi connectivity index (χ3n) is 4.59. The quantitative estimate of drug-likeness (QED) is 0.823. The first-order valence-electron chi connectivity index (χ1n) is 8.41. The van der Waals surface area contributed by atoms with Gasteiger partial charge in [0.25, 0.3) is 0 Å². The molecule has 0 spiro atoms. The van der Waals surface area contributed by atoms with Crippen LogP contribution in [-0.4, -0.2) is 26.4 Å². The SMILES string of the molecule is CCC(NS(=O)(=O)c1ccc(F)cc1)C(=O)NC1CCCCC1C. The molecule has 0 aromatic heterocycles. The number of hydrogen-bond donors (Lipinski definition) is 2. The molecule has 1 amide bonds. The van der Waals surface area contributed by atoms with E-state index in [1.807, 2.05) is 0 Å². The van der Waals surface area contributed by atoms with Crippen molar-refractivity contribution in [2.75, 3.05) is 0 Å². The van der Waals surface area contributed by atoms with Crippen LogP contribution in [-0.2, 0) is 14.8 Å². The second kappa shape index (κ2) is 8.07. The summed E-state index contributed by atoms with van der Waals surface area (Å²) in [7, 11) is -3.87. The highest BCUT2D eigenvalue weighted by Crippen LogP contribution is 2.23. The summed E-state index contributed by atoms with van der Waals surface area (Å²) in [6.45, 7) is 3.86. The summed E-state index contributed by atoms with van der Waals surface area (Å²) in [6.07, 6.45) is 4.58. The minimum atomic E-state index is -3.87. The molecule has 0 saturated heterocycles. The molecule has 24 heavy (non-hydrogen) atoms. The number of rotatable bonds is 6. The molecule has 0 bridgehead atoms. The van der Waals surface area contributed by atoms with Crippen LogP contribution in [0.1, 0.15) is 46.0 Å². The summed E-state index contributed by atoms with van der Waals surface area (Å²) >= 11 is 0. The molecule has 0 radical (unpaired) electrons. The van der Waals surface area contributed by atoms with Gasteiger partial charge in [0.05, 0.1) is 4.90 Å². The largest absolute Gasteiger partial charge is 0.352 e. The van der Waals surface area contributed by atoms with Gasteiger partial charge in [0, 0.05) is 6.04 Å². The van der Waals surface area contributed by atoms with Gasteiger partial charge in [0.2, 0.25) is 15.9 Å². The molecule has 1 aliphatic carbocycles. The van der Waals surface area contributed by atoms with Crippen LogP contribution < -0.4 is 10.0 Å². The predicted octanol–water partition coefficient (Wildman–Crippen LogP) is 2.58. The molecule has 1 saturated carbocycles. The lowest BCUT2D eigenvalue weighted by Gasteiger charge is -2.31. The maximum absolute atomic E-state index is 12.9. The van der Waals surface area contributed by atoms with Gasteiger partial charge >= 0.3 is 0 Å². The van der Waals surface area contributed by atoms with Crippen LogP contribution in [0.4, 0.5) is 4.39 Å². The maximum Gasteiger partial charge on any atom is 0.241 e. The molecular weight excluding hydrogens is 331 g/mol. The molecule has 1 aromatic carbocycles. The van der Waals surface area contributed by atoms with Crippen molar-refractivity contribution in [3.8, 4) is 0 Å². The van der Waals surface area contributed by atoms with E-state index in [2.05, 4.69) is 17.0 Å². The molecule has 1 fully saturated rings. The topological polar surface area (TPSA) is 75.3 Å². The molecule has 3 atom stereocenters. The highest BCUT2D eigenvalue weighted by molar-refractivity contribution is 7.89. The van der Waals surface area contributed by atoms with Crippen LogP contribution in [0.5, 0.6) is 0 Å². The van der Waals surface area contributed by atoms with Gasteiger partial charge in [-0.05, 0) is 49.4 Å². The number of sulfonamides is 1. The summed E-state index contributed by atoms with van der Waals surface area (Å²) < 4.78 is 40.1. The van der Waals surface area contributed by atoms with E-state index in [1.165, 1.54) is 18.6 Å². The van der Waals surface area contributed by atoms with E-state index in [0.717, 1.165) is 31.4 Å². The van der Waals surface area contributed by atoms with Crippen LogP contribution >= 0.6 is 0 Å². The third-order valence-corrected chi connectivity index (χ3v) is 6.07. The van der Waals surface area contributed by atoms with Crippen molar-refractivity contribution in [2.24, 2.45) is 5.92 Å². The summed E-state index contributed by atoms with van der Waals surface area (Å²) in [5.41, 5.74) is 0. The highest BCUT2D eigenvalue weighted by atomic mass is 32.2. The molecule has 134 valence electrons. The van der Waals surface area contributed by atoms with Gasteiger partial charge in [-0.3, -0.25) is 4.79 Å². The molecule has 2 N–H and O–H groups in total. The smallest absolute Gasteiger partial charge is 0.241 e. The van der Waals surface area contributed by atoms with Crippen molar-refractivity contribution in [1.29, 1.82) is 0 Å². The van der Waals surface area contributed by atoms with Crippen LogP contribution in [0, 0.1) is 11.7 Å². The molecule has 0 heterocycles. The Morgan fingerprint density at radius 1 is 1.25 bits per heavy atom. The van der Waals surface area contributed by atoms with Gasteiger partial charge < -0.3 is 5.32 Å². The molecule has 0 aliphatic heterocycles. The zero-order chi connectivity index (χ0) is 17.7. The van der Waals surface area contributed by atoms with E-state index < -0.39 is 21.9 Å². The van der Waals surface area contributed by atoms with Crippen LogP contribution in [0.2, 0.25) is 0 Å². The fourth-order valence-corrected chi connectivity index (χ4v) is 4.28. The van der Waals surface area contributed by atoms with Gasteiger partial charge in [-0.1, -0.05) is 26.7 Å². The first-order valence-corrected chi connectivity index (χ1v) is 9.90. The molecular formula is C17H25FN2O3S. The fraction of sp³-hybridized carbons (Fsp3) is 0.588. The average Bonchev–Trinajstić information content (AvgIpc) is 2.55. The monoisotopic (exact) mass is 356 g/mol. The van der Waals surface area contributed by atoms with Gasteiger partial charge in [-0.2, -0.15) is 4.72 Å². The maximum atomic E-state index is 12.9. The minimum Gasteiger partial charge on any atom is -0.352 e. The number of benzene rings is 1. The second-order valence-electron chi connectivity index (χ2n) is 6.41. The van der Waals surface area contributed by atoms with Gasteiger partial charge in [0.15, 0.2) is 0 Å². The number of halogens is 1. The first-order chi connectivity index (χ1) is 11.3. The summed E-state index contributed by atoms with van der Waals surface area (Å²) in [4.78, 5) is 12.4. The average molecular weight is 356 g/mol. The van der Waals surface area contributed by atoms with Crippen LogP contribution in [0.25, 0.3) is 0 Å². The van der Waals surface area contributed by atoms with E-state index in [-0.39, 0.29) is 16.8 Å². The minimum absolute atomic E-state index is 0.0545. The van der Waals surface area contributed by atoms with Crippen molar-refractivity contribution >= 4 is 15.9 Å². The van der Waals surface area contributed by atoms with Crippen molar-refractivity contribution < 1.29 is 17.6 Å². The van der Waals surface area contributed by atoms with E-state index in [4.69, 9.17) is 0 Å². The lowest BCUT2D eigenvalue weighted by atomic mass is 9.86. The normalized spacial score (nSPS) is 22.8. The zero-order valence-electron chi connectivity index (χ0n) is 14.1. The number of carbonyl (C=O) groups excluding carboxylic acids is 1. The highest BCUT2D eigenvalue weighted by Gasteiger charge is 2.28. The molecule has 5 nitrogen and oxygen atoms in total. The molecule has 1 aromatic rings. The Hall–Kier alpha value is -1.47. The number of carbonyl (C=O) groups is 1. The van der Waals surface area contributed by atoms with Crippen molar-refractivity contribution in [3.05, 3.63) is 30.1 Å². The summed E-state index contributed by atoms with van der Waals surface area (Å²) in [5, 5.41) is 2.98. The Balaban J connectivity index is 2.04. The molecule has 3 unspecified atom stereocenters. The first kappa shape index (κ1) is 18.9. The summed E-state index contributed by atoms with van der Waals surface area (Å²) in [5.74, 6) is -0.416. The second-order valence-corrected chi connectivity index (χ2v) is 8.13. The van der Waals surface area contributed by atoms with Crippen molar-refractivity contribution in [2.45, 2.75) is 62.9 Å². The van der Waals surface area contributed by atoms with Gasteiger partial charge in [-0.25, -0.2) is 12.8 Å². The van der Waals surface area contributed by atoms with Crippen LogP contribution in [0.3, 0.4) is 0 Å². The standard InChI is InChI=1S/C17H25FN2O3S/c1-3-15(17(21)19-16-7-5-4-6-12(16)2)20-24(22,23)14-10-8-13(18)9-11-14/h8-12,15-16,20H,3-7H2,1-2H3,(H,19,21). The predicted molar refractivity (Wildman–Crippen MR) is 90.4 cm³/mol. The van der Waals surface area contributed by atoms with E-state index in [1.54, 1.807) is 6.92 Å². The van der Waals surface area contributed by atoms with Gasteiger partial charge in [0.1, 0.15) is 11.9 Å². The third kappa shape index (κ3) is 4.77. The van der Waals surface area contributed by atoms with Crippen molar-refractivity contribution in [3.63, 3.8) is 0 Å². The zero-order valence-corrected chi connectivity index (χ0v) is 14.9. The molecule has 1 aliphatic rings. The van der Waals surface area contributed by atoms with E-state index in [0.29, 0.717) is 12.3 Å². The fourth-order valence-electron chi connectivity index (χ4n) is 3.01. The lowest BCUT2D eigenvalue weighted by molar-refractivity contribution is -0.124. The Morgan fingerprint density at radius 2 is 1.88 bits per heavy atom. The Morgan fingerprint density at radius 3 is 2.46 bits per heavy atom. The van der Waals surface area contributed by atoms with Crippen molar-refractivity contribution in [1.82, 2.24) is 10.0 Å².